The van der Waals surface area contributed by atoms with E-state index in [-0.39, 0.29) is 0 Å². The van der Waals surface area contributed by atoms with Crippen LogP contribution in [0.2, 0.25) is 0 Å². The summed E-state index contributed by atoms with van der Waals surface area (Å²) in [6.45, 7) is 4.04. The second-order valence-corrected chi connectivity index (χ2v) is 7.15. The van der Waals surface area contributed by atoms with Crippen molar-refractivity contribution in [3.63, 3.8) is 0 Å². The number of hydrogen-bond donors (Lipinski definition) is 1. The molecule has 1 N–H and O–H groups in total. The average molecular weight is 254 g/mol. The lowest BCUT2D eigenvalue weighted by Crippen LogP contribution is -2.59. The topological polar surface area (TPSA) is 15.3 Å². The van der Waals surface area contributed by atoms with Gasteiger partial charge in [0.05, 0.1) is 0 Å². The van der Waals surface area contributed by atoms with Crippen LogP contribution < -0.4 is 5.32 Å². The van der Waals surface area contributed by atoms with E-state index in [4.69, 9.17) is 0 Å². The molecule has 17 heavy (non-hydrogen) atoms. The van der Waals surface area contributed by atoms with E-state index in [1.165, 1.54) is 58.2 Å². The van der Waals surface area contributed by atoms with Crippen molar-refractivity contribution in [2.24, 2.45) is 5.92 Å². The van der Waals surface area contributed by atoms with Crippen LogP contribution in [-0.4, -0.2) is 48.1 Å². The molecule has 0 spiro atoms. The molecule has 0 radical (unpaired) electrons. The zero-order valence-corrected chi connectivity index (χ0v) is 11.8. The summed E-state index contributed by atoms with van der Waals surface area (Å²) in [6, 6.07) is 1.60. The van der Waals surface area contributed by atoms with Crippen molar-refractivity contribution in [1.29, 1.82) is 0 Å². The summed E-state index contributed by atoms with van der Waals surface area (Å²) in [7, 11) is 0. The van der Waals surface area contributed by atoms with E-state index in [2.05, 4.69) is 28.2 Å². The molecule has 0 aromatic heterocycles. The molecule has 3 heteroatoms. The molecular formula is C14H26N2S. The molecule has 0 aromatic rings. The molecule has 4 fully saturated rings. The lowest BCUT2D eigenvalue weighted by Gasteiger charge is -2.47. The van der Waals surface area contributed by atoms with Crippen LogP contribution in [0, 0.1) is 5.92 Å². The molecule has 98 valence electrons. The molecule has 0 aromatic carbocycles. The third-order valence-corrected chi connectivity index (χ3v) is 6.26. The van der Waals surface area contributed by atoms with E-state index >= 15 is 0 Å². The molecule has 3 saturated heterocycles. The van der Waals surface area contributed by atoms with Crippen LogP contribution in [0.15, 0.2) is 0 Å². The summed E-state index contributed by atoms with van der Waals surface area (Å²) < 4.78 is 0. The molecule has 4 rings (SSSR count). The first-order valence-electron chi connectivity index (χ1n) is 7.38. The van der Waals surface area contributed by atoms with E-state index in [9.17, 15) is 0 Å². The predicted octanol–water partition coefficient (Wildman–Crippen LogP) is 2.34. The Morgan fingerprint density at radius 3 is 2.41 bits per heavy atom. The minimum absolute atomic E-state index is 0.796. The molecule has 4 aliphatic rings. The Morgan fingerprint density at radius 2 is 1.76 bits per heavy atom. The molecule has 2 bridgehead atoms. The minimum Gasteiger partial charge on any atom is -0.309 e. The van der Waals surface area contributed by atoms with Gasteiger partial charge in [-0.3, -0.25) is 0 Å². The number of hydrogen-bond acceptors (Lipinski definition) is 3. The average Bonchev–Trinajstić information content (AvgIpc) is 2.41. The second-order valence-electron chi connectivity index (χ2n) is 6.08. The first kappa shape index (κ1) is 12.3. The van der Waals surface area contributed by atoms with Gasteiger partial charge in [0.15, 0.2) is 0 Å². The highest BCUT2D eigenvalue weighted by Gasteiger charge is 2.36. The Hall–Kier alpha value is 0.270. The van der Waals surface area contributed by atoms with Crippen molar-refractivity contribution in [3.05, 3.63) is 0 Å². The standard InChI is InChI=1S/C14H26N2S/c1-17-14-5-3-2-4-12(14)15-13-10-16-8-6-11(13)7-9-16/h11-15H,2-10H2,1H3. The minimum atomic E-state index is 0.796. The molecule has 3 atom stereocenters. The van der Waals surface area contributed by atoms with Crippen LogP contribution in [0.3, 0.4) is 0 Å². The van der Waals surface area contributed by atoms with Crippen molar-refractivity contribution in [2.45, 2.75) is 55.9 Å². The summed E-state index contributed by atoms with van der Waals surface area (Å²) in [5, 5.41) is 4.90. The lowest BCUT2D eigenvalue weighted by molar-refractivity contribution is 0.0647. The fourth-order valence-corrected chi connectivity index (χ4v) is 4.94. The van der Waals surface area contributed by atoms with Crippen molar-refractivity contribution >= 4 is 11.8 Å². The van der Waals surface area contributed by atoms with Crippen LogP contribution >= 0.6 is 11.8 Å². The second kappa shape index (κ2) is 5.50. The normalized spacial score (nSPS) is 46.1. The van der Waals surface area contributed by atoms with Gasteiger partial charge in [0.25, 0.3) is 0 Å². The largest absolute Gasteiger partial charge is 0.309 e. The number of piperidine rings is 3. The Labute approximate surface area is 110 Å². The first-order chi connectivity index (χ1) is 8.36. The SMILES string of the molecule is CSC1CCCCC1NC1CN2CCC1CC2. The summed E-state index contributed by atoms with van der Waals surface area (Å²) in [6.07, 6.45) is 10.9. The third kappa shape index (κ3) is 2.66. The smallest absolute Gasteiger partial charge is 0.0227 e. The van der Waals surface area contributed by atoms with Gasteiger partial charge < -0.3 is 10.2 Å². The zero-order chi connectivity index (χ0) is 11.7. The summed E-state index contributed by atoms with van der Waals surface area (Å²) in [4.78, 5) is 2.66. The summed E-state index contributed by atoms with van der Waals surface area (Å²) >= 11 is 2.09. The molecule has 1 saturated carbocycles. The van der Waals surface area contributed by atoms with Crippen LogP contribution in [0.1, 0.15) is 38.5 Å². The monoisotopic (exact) mass is 254 g/mol. The first-order valence-corrected chi connectivity index (χ1v) is 8.67. The highest BCUT2D eigenvalue weighted by atomic mass is 32.2. The Kier molecular flexibility index (Phi) is 3.98. The molecule has 3 aliphatic heterocycles. The zero-order valence-electron chi connectivity index (χ0n) is 11.0. The van der Waals surface area contributed by atoms with Gasteiger partial charge in [-0.05, 0) is 50.9 Å². The maximum absolute atomic E-state index is 4.03. The van der Waals surface area contributed by atoms with E-state index in [0.717, 1.165) is 23.3 Å². The van der Waals surface area contributed by atoms with Crippen LogP contribution in [0.25, 0.3) is 0 Å². The van der Waals surface area contributed by atoms with E-state index in [1.807, 2.05) is 0 Å². The lowest BCUT2D eigenvalue weighted by atomic mass is 9.82. The van der Waals surface area contributed by atoms with E-state index in [1.54, 1.807) is 0 Å². The van der Waals surface area contributed by atoms with Gasteiger partial charge in [0.1, 0.15) is 0 Å². The van der Waals surface area contributed by atoms with Gasteiger partial charge in [0, 0.05) is 23.9 Å². The van der Waals surface area contributed by atoms with Gasteiger partial charge >= 0.3 is 0 Å². The van der Waals surface area contributed by atoms with Crippen LogP contribution in [0.4, 0.5) is 0 Å². The maximum atomic E-state index is 4.03. The van der Waals surface area contributed by atoms with E-state index < -0.39 is 0 Å². The molecule has 2 nitrogen and oxygen atoms in total. The third-order valence-electron chi connectivity index (χ3n) is 5.09. The number of thioether (sulfide) groups is 1. The van der Waals surface area contributed by atoms with Crippen molar-refractivity contribution in [2.75, 3.05) is 25.9 Å². The fraction of sp³-hybridized carbons (Fsp3) is 1.00. The van der Waals surface area contributed by atoms with Crippen molar-refractivity contribution in [3.8, 4) is 0 Å². The quantitative estimate of drug-likeness (QED) is 0.832. The van der Waals surface area contributed by atoms with Crippen LogP contribution in [0.5, 0.6) is 0 Å². The maximum Gasteiger partial charge on any atom is 0.0227 e. The fourth-order valence-electron chi connectivity index (χ4n) is 4.00. The molecule has 1 aliphatic carbocycles. The van der Waals surface area contributed by atoms with Crippen molar-refractivity contribution in [1.82, 2.24) is 10.2 Å². The number of nitrogens with zero attached hydrogens (tertiary/aromatic N) is 1. The van der Waals surface area contributed by atoms with Gasteiger partial charge in [-0.15, -0.1) is 0 Å². The number of nitrogens with one attached hydrogen (secondary N) is 1. The molecular weight excluding hydrogens is 228 g/mol. The number of rotatable bonds is 3. The Bertz CT molecular complexity index is 246. The van der Waals surface area contributed by atoms with E-state index in [0.29, 0.717) is 0 Å². The van der Waals surface area contributed by atoms with Gasteiger partial charge in [0.2, 0.25) is 0 Å². The highest BCUT2D eigenvalue weighted by molar-refractivity contribution is 7.99. The van der Waals surface area contributed by atoms with Gasteiger partial charge in [-0.2, -0.15) is 11.8 Å². The molecule has 0 amide bonds. The molecule has 3 heterocycles. The number of fused-ring (bicyclic) bond motifs is 3. The molecule has 3 unspecified atom stereocenters. The van der Waals surface area contributed by atoms with Crippen LogP contribution in [-0.2, 0) is 0 Å². The summed E-state index contributed by atoms with van der Waals surface area (Å²) in [5.41, 5.74) is 0. The van der Waals surface area contributed by atoms with Gasteiger partial charge in [-0.1, -0.05) is 12.8 Å². The highest BCUT2D eigenvalue weighted by Crippen LogP contribution is 2.31. The Morgan fingerprint density at radius 1 is 1.00 bits per heavy atom. The summed E-state index contributed by atoms with van der Waals surface area (Å²) in [5.74, 6) is 0.976. The predicted molar refractivity (Wildman–Crippen MR) is 75.6 cm³/mol. The Balaban J connectivity index is 1.58. The van der Waals surface area contributed by atoms with Crippen molar-refractivity contribution < 1.29 is 0 Å². The van der Waals surface area contributed by atoms with Gasteiger partial charge in [-0.25, -0.2) is 0 Å².